The molecule has 1 heterocycles. The van der Waals surface area contributed by atoms with E-state index in [4.69, 9.17) is 4.74 Å². The van der Waals surface area contributed by atoms with Gasteiger partial charge in [0.1, 0.15) is 12.2 Å². The topological polar surface area (TPSA) is 52.0 Å². The van der Waals surface area contributed by atoms with Gasteiger partial charge >= 0.3 is 0 Å². The summed E-state index contributed by atoms with van der Waals surface area (Å²) in [5.74, 6) is 1.03. The molecule has 0 aromatic carbocycles. The highest BCUT2D eigenvalue weighted by Crippen LogP contribution is 2.06. The van der Waals surface area contributed by atoms with Gasteiger partial charge in [-0.1, -0.05) is 13.8 Å². The predicted molar refractivity (Wildman–Crippen MR) is 68.0 cm³/mol. The van der Waals surface area contributed by atoms with Crippen molar-refractivity contribution in [3.63, 3.8) is 0 Å². The van der Waals surface area contributed by atoms with Crippen molar-refractivity contribution in [2.45, 2.75) is 52.3 Å². The molecule has 0 fully saturated rings. The second-order valence-electron chi connectivity index (χ2n) is 4.21. The Balaban J connectivity index is 2.67. The van der Waals surface area contributed by atoms with Crippen molar-refractivity contribution in [2.24, 2.45) is 0 Å². The number of nitrogens with one attached hydrogen (secondary N) is 1. The highest BCUT2D eigenvalue weighted by Gasteiger charge is 2.18. The molecule has 17 heavy (non-hydrogen) atoms. The molecule has 0 saturated heterocycles. The number of aromatic nitrogens is 3. The van der Waals surface area contributed by atoms with E-state index in [1.807, 2.05) is 4.68 Å². The molecule has 0 radical (unpaired) electrons. The first-order valence-electron chi connectivity index (χ1n) is 6.35. The summed E-state index contributed by atoms with van der Waals surface area (Å²) in [4.78, 5) is 4.33. The van der Waals surface area contributed by atoms with E-state index in [-0.39, 0.29) is 12.1 Å². The van der Waals surface area contributed by atoms with E-state index in [1.54, 1.807) is 13.4 Å². The summed E-state index contributed by atoms with van der Waals surface area (Å²) in [5, 5.41) is 7.68. The van der Waals surface area contributed by atoms with Crippen molar-refractivity contribution >= 4 is 0 Å². The minimum atomic E-state index is 0.168. The molecular weight excluding hydrogens is 216 g/mol. The van der Waals surface area contributed by atoms with E-state index < -0.39 is 0 Å². The van der Waals surface area contributed by atoms with Crippen molar-refractivity contribution in [3.05, 3.63) is 12.2 Å². The number of hydrogen-bond acceptors (Lipinski definition) is 4. The van der Waals surface area contributed by atoms with Crippen LogP contribution in [0.1, 0.15) is 33.0 Å². The first-order valence-corrected chi connectivity index (χ1v) is 6.35. The van der Waals surface area contributed by atoms with Crippen LogP contribution in [0, 0.1) is 0 Å². The maximum atomic E-state index is 5.39. The first-order chi connectivity index (χ1) is 8.22. The van der Waals surface area contributed by atoms with Gasteiger partial charge in [-0.25, -0.2) is 4.98 Å². The maximum absolute atomic E-state index is 5.39. The molecule has 1 aromatic heterocycles. The fraction of sp³-hybridized carbons (Fsp3) is 0.833. The van der Waals surface area contributed by atoms with Gasteiger partial charge < -0.3 is 10.1 Å². The lowest BCUT2D eigenvalue weighted by Gasteiger charge is -2.23. The van der Waals surface area contributed by atoms with Gasteiger partial charge in [0.05, 0.1) is 6.10 Å². The Kier molecular flexibility index (Phi) is 6.15. The third kappa shape index (κ3) is 4.09. The van der Waals surface area contributed by atoms with Crippen LogP contribution in [0.2, 0.25) is 0 Å². The van der Waals surface area contributed by atoms with E-state index in [0.29, 0.717) is 0 Å². The Morgan fingerprint density at radius 1 is 1.47 bits per heavy atom. The Morgan fingerprint density at radius 2 is 2.24 bits per heavy atom. The predicted octanol–water partition coefficient (Wildman–Crippen LogP) is 1.24. The lowest BCUT2D eigenvalue weighted by molar-refractivity contribution is 0.0825. The van der Waals surface area contributed by atoms with Crippen LogP contribution in [0.15, 0.2) is 6.33 Å². The van der Waals surface area contributed by atoms with Crippen LogP contribution in [0.5, 0.6) is 0 Å². The summed E-state index contributed by atoms with van der Waals surface area (Å²) in [6.45, 7) is 8.18. The Labute approximate surface area is 104 Å². The third-order valence-corrected chi connectivity index (χ3v) is 2.94. The van der Waals surface area contributed by atoms with E-state index >= 15 is 0 Å². The highest BCUT2D eigenvalue weighted by atomic mass is 16.5. The molecule has 0 spiro atoms. The van der Waals surface area contributed by atoms with Gasteiger partial charge in [0.2, 0.25) is 0 Å². The lowest BCUT2D eigenvalue weighted by atomic mass is 10.1. The fourth-order valence-electron chi connectivity index (χ4n) is 1.87. The molecule has 2 atom stereocenters. The van der Waals surface area contributed by atoms with Crippen LogP contribution in [-0.4, -0.2) is 40.6 Å². The monoisotopic (exact) mass is 240 g/mol. The zero-order valence-corrected chi connectivity index (χ0v) is 11.3. The van der Waals surface area contributed by atoms with Gasteiger partial charge in [0.25, 0.3) is 0 Å². The molecule has 98 valence electrons. The van der Waals surface area contributed by atoms with Crippen LogP contribution >= 0.6 is 0 Å². The largest absolute Gasteiger partial charge is 0.380 e. The molecule has 0 amide bonds. The molecule has 0 bridgehead atoms. The molecule has 0 aliphatic heterocycles. The van der Waals surface area contributed by atoms with Crippen molar-refractivity contribution in [1.82, 2.24) is 20.1 Å². The summed E-state index contributed by atoms with van der Waals surface area (Å²) in [6, 6.07) is 0.282. The number of likely N-dealkylation sites (N-methyl/N-ethyl adjacent to an activating group) is 1. The molecule has 1 aromatic rings. The van der Waals surface area contributed by atoms with Gasteiger partial charge in [0.15, 0.2) is 0 Å². The molecule has 0 aliphatic rings. The number of rotatable bonds is 8. The van der Waals surface area contributed by atoms with Gasteiger partial charge in [-0.15, -0.1) is 0 Å². The molecule has 0 saturated carbocycles. The van der Waals surface area contributed by atoms with Gasteiger partial charge in [-0.2, -0.15) is 5.10 Å². The highest BCUT2D eigenvalue weighted by molar-refractivity contribution is 4.92. The quantitative estimate of drug-likeness (QED) is 0.743. The van der Waals surface area contributed by atoms with Crippen LogP contribution in [0.25, 0.3) is 0 Å². The van der Waals surface area contributed by atoms with Crippen molar-refractivity contribution in [2.75, 3.05) is 13.7 Å². The van der Waals surface area contributed by atoms with Crippen molar-refractivity contribution in [1.29, 1.82) is 0 Å². The first kappa shape index (κ1) is 14.1. The average Bonchev–Trinajstić information content (AvgIpc) is 2.76. The number of hydrogen-bond donors (Lipinski definition) is 1. The Morgan fingerprint density at radius 3 is 2.82 bits per heavy atom. The molecule has 0 aliphatic carbocycles. The Hall–Kier alpha value is -0.940. The van der Waals surface area contributed by atoms with Crippen LogP contribution in [0.4, 0.5) is 0 Å². The number of aryl methyl sites for hydroxylation is 1. The standard InChI is InChI=1S/C12H24N4O/c1-5-7-16-12(14-9-15-16)8-11(13-6-2)10(3)17-4/h9-11,13H,5-8H2,1-4H3. The van der Waals surface area contributed by atoms with E-state index in [2.05, 4.69) is 36.2 Å². The van der Waals surface area contributed by atoms with E-state index in [0.717, 1.165) is 31.8 Å². The molecule has 1 N–H and O–H groups in total. The van der Waals surface area contributed by atoms with Crippen molar-refractivity contribution < 1.29 is 4.74 Å². The second-order valence-corrected chi connectivity index (χ2v) is 4.21. The average molecular weight is 240 g/mol. The lowest BCUT2D eigenvalue weighted by Crippen LogP contribution is -2.41. The van der Waals surface area contributed by atoms with Crippen molar-refractivity contribution in [3.8, 4) is 0 Å². The Bertz CT molecular complexity index is 313. The van der Waals surface area contributed by atoms with E-state index in [1.165, 1.54) is 0 Å². The fourth-order valence-corrected chi connectivity index (χ4v) is 1.87. The molecule has 5 heteroatoms. The summed E-state index contributed by atoms with van der Waals surface area (Å²) < 4.78 is 7.37. The van der Waals surface area contributed by atoms with Crippen LogP contribution in [-0.2, 0) is 17.7 Å². The number of nitrogens with zero attached hydrogens (tertiary/aromatic N) is 3. The van der Waals surface area contributed by atoms with Gasteiger partial charge in [-0.05, 0) is 19.9 Å². The van der Waals surface area contributed by atoms with E-state index in [9.17, 15) is 0 Å². The normalized spacial score (nSPS) is 14.8. The summed E-state index contributed by atoms with van der Waals surface area (Å²) in [5.41, 5.74) is 0. The minimum absolute atomic E-state index is 0.168. The molecular formula is C12H24N4O. The zero-order valence-electron chi connectivity index (χ0n) is 11.3. The SMILES string of the molecule is CCCn1ncnc1CC(NCC)C(C)OC. The maximum Gasteiger partial charge on any atom is 0.138 e. The summed E-state index contributed by atoms with van der Waals surface area (Å²) >= 11 is 0. The second kappa shape index (κ2) is 7.40. The zero-order chi connectivity index (χ0) is 12.7. The third-order valence-electron chi connectivity index (χ3n) is 2.94. The van der Waals surface area contributed by atoms with Crippen LogP contribution in [0.3, 0.4) is 0 Å². The summed E-state index contributed by atoms with van der Waals surface area (Å²) in [7, 11) is 1.74. The number of methoxy groups -OCH3 is 1. The smallest absolute Gasteiger partial charge is 0.138 e. The molecule has 2 unspecified atom stereocenters. The van der Waals surface area contributed by atoms with Gasteiger partial charge in [0, 0.05) is 26.1 Å². The van der Waals surface area contributed by atoms with Crippen LogP contribution < -0.4 is 5.32 Å². The van der Waals surface area contributed by atoms with Gasteiger partial charge in [-0.3, -0.25) is 4.68 Å². The summed E-state index contributed by atoms with van der Waals surface area (Å²) in [6.07, 6.45) is 3.72. The number of ether oxygens (including phenoxy) is 1. The molecule has 5 nitrogen and oxygen atoms in total. The minimum Gasteiger partial charge on any atom is -0.380 e. The molecule has 1 rings (SSSR count).